The maximum atomic E-state index is 5.67. The standard InChI is InChI=1S/C15H23NO3/c1-17-13-8-15(19-3)14(18-2)7-12(13)6-10-4-11(5-10)9-16/h7-8,10-11H,4-6,9,16H2,1-3H3. The Morgan fingerprint density at radius 2 is 1.53 bits per heavy atom. The van der Waals surface area contributed by atoms with Crippen LogP contribution < -0.4 is 19.9 Å². The van der Waals surface area contributed by atoms with Crippen LogP contribution in [0.2, 0.25) is 0 Å². The topological polar surface area (TPSA) is 53.7 Å². The van der Waals surface area contributed by atoms with Gasteiger partial charge in [-0.3, -0.25) is 0 Å². The second-order valence-electron chi connectivity index (χ2n) is 5.16. The second kappa shape index (κ2) is 6.15. The lowest BCUT2D eigenvalue weighted by Crippen LogP contribution is -2.31. The molecule has 2 N–H and O–H groups in total. The Morgan fingerprint density at radius 1 is 0.947 bits per heavy atom. The molecule has 0 spiro atoms. The van der Waals surface area contributed by atoms with Crippen molar-refractivity contribution in [3.05, 3.63) is 17.7 Å². The molecule has 4 heteroatoms. The van der Waals surface area contributed by atoms with Gasteiger partial charge in [0.25, 0.3) is 0 Å². The lowest BCUT2D eigenvalue weighted by molar-refractivity contribution is 0.198. The summed E-state index contributed by atoms with van der Waals surface area (Å²) < 4.78 is 16.1. The molecule has 0 bridgehead atoms. The predicted octanol–water partition coefficient (Wildman–Crippen LogP) is 2.24. The van der Waals surface area contributed by atoms with Gasteiger partial charge in [0.2, 0.25) is 0 Å². The molecule has 0 heterocycles. The highest BCUT2D eigenvalue weighted by molar-refractivity contribution is 5.50. The zero-order valence-electron chi connectivity index (χ0n) is 11.9. The van der Waals surface area contributed by atoms with E-state index >= 15 is 0 Å². The van der Waals surface area contributed by atoms with Gasteiger partial charge in [-0.2, -0.15) is 0 Å². The van der Waals surface area contributed by atoms with Crippen LogP contribution in [0.5, 0.6) is 17.2 Å². The van der Waals surface area contributed by atoms with E-state index in [0.717, 1.165) is 24.5 Å². The smallest absolute Gasteiger partial charge is 0.164 e. The molecule has 0 aromatic heterocycles. The van der Waals surface area contributed by atoms with Gasteiger partial charge in [0, 0.05) is 6.07 Å². The van der Waals surface area contributed by atoms with Crippen LogP contribution in [-0.2, 0) is 6.42 Å². The summed E-state index contributed by atoms with van der Waals surface area (Å²) in [4.78, 5) is 0. The van der Waals surface area contributed by atoms with Crippen molar-refractivity contribution in [1.82, 2.24) is 0 Å². The molecular formula is C15H23NO3. The van der Waals surface area contributed by atoms with E-state index in [0.29, 0.717) is 17.6 Å². The van der Waals surface area contributed by atoms with E-state index in [1.165, 1.54) is 18.4 Å². The molecule has 19 heavy (non-hydrogen) atoms. The third kappa shape index (κ3) is 2.95. The number of nitrogens with two attached hydrogens (primary N) is 1. The molecule has 0 amide bonds. The number of ether oxygens (including phenoxy) is 3. The molecule has 1 saturated carbocycles. The first-order valence-electron chi connectivity index (χ1n) is 6.70. The van der Waals surface area contributed by atoms with Crippen LogP contribution in [0.4, 0.5) is 0 Å². The Balaban J connectivity index is 2.14. The van der Waals surface area contributed by atoms with E-state index in [-0.39, 0.29) is 0 Å². The normalized spacial score (nSPS) is 21.7. The summed E-state index contributed by atoms with van der Waals surface area (Å²) >= 11 is 0. The largest absolute Gasteiger partial charge is 0.496 e. The highest BCUT2D eigenvalue weighted by atomic mass is 16.5. The highest BCUT2D eigenvalue weighted by Gasteiger charge is 2.29. The van der Waals surface area contributed by atoms with Crippen molar-refractivity contribution >= 4 is 0 Å². The number of benzene rings is 1. The molecule has 1 aliphatic carbocycles. The lowest BCUT2D eigenvalue weighted by atomic mass is 9.72. The fourth-order valence-electron chi connectivity index (χ4n) is 2.80. The third-order valence-corrected chi connectivity index (χ3v) is 3.96. The van der Waals surface area contributed by atoms with Crippen molar-refractivity contribution in [3.8, 4) is 17.2 Å². The van der Waals surface area contributed by atoms with Crippen LogP contribution in [0, 0.1) is 11.8 Å². The Morgan fingerprint density at radius 3 is 2.05 bits per heavy atom. The molecular weight excluding hydrogens is 242 g/mol. The second-order valence-corrected chi connectivity index (χ2v) is 5.16. The van der Waals surface area contributed by atoms with Crippen LogP contribution in [0.25, 0.3) is 0 Å². The molecule has 106 valence electrons. The van der Waals surface area contributed by atoms with E-state index in [9.17, 15) is 0 Å². The summed E-state index contributed by atoms with van der Waals surface area (Å²) in [5.74, 6) is 3.75. The summed E-state index contributed by atoms with van der Waals surface area (Å²) in [7, 11) is 4.98. The number of methoxy groups -OCH3 is 3. The fourth-order valence-corrected chi connectivity index (χ4v) is 2.80. The van der Waals surface area contributed by atoms with Gasteiger partial charge in [-0.15, -0.1) is 0 Å². The van der Waals surface area contributed by atoms with Crippen molar-refractivity contribution in [2.75, 3.05) is 27.9 Å². The Kier molecular flexibility index (Phi) is 4.53. The molecule has 1 aliphatic rings. The average Bonchev–Trinajstić information content (AvgIpc) is 2.41. The first kappa shape index (κ1) is 14.0. The summed E-state index contributed by atoms with van der Waals surface area (Å²) in [5, 5.41) is 0. The van der Waals surface area contributed by atoms with E-state index in [4.69, 9.17) is 19.9 Å². The first-order valence-corrected chi connectivity index (χ1v) is 6.70. The monoisotopic (exact) mass is 265 g/mol. The van der Waals surface area contributed by atoms with Gasteiger partial charge in [-0.05, 0) is 49.3 Å². The predicted molar refractivity (Wildman–Crippen MR) is 75.1 cm³/mol. The summed E-state index contributed by atoms with van der Waals surface area (Å²) in [6.07, 6.45) is 3.45. The SMILES string of the molecule is COc1cc(OC)c(OC)cc1CC1CC(CN)C1. The Hall–Kier alpha value is -1.42. The maximum Gasteiger partial charge on any atom is 0.164 e. The van der Waals surface area contributed by atoms with Gasteiger partial charge in [0.05, 0.1) is 21.3 Å². The molecule has 0 unspecified atom stereocenters. The van der Waals surface area contributed by atoms with Crippen LogP contribution in [0.3, 0.4) is 0 Å². The molecule has 1 fully saturated rings. The number of rotatable bonds is 6. The quantitative estimate of drug-likeness (QED) is 0.857. The van der Waals surface area contributed by atoms with Crippen molar-refractivity contribution in [2.24, 2.45) is 17.6 Å². The minimum absolute atomic E-state index is 0.705. The number of hydrogen-bond acceptors (Lipinski definition) is 4. The van der Waals surface area contributed by atoms with Crippen LogP contribution >= 0.6 is 0 Å². The zero-order chi connectivity index (χ0) is 13.8. The summed E-state index contributed by atoms with van der Waals surface area (Å²) in [5.41, 5.74) is 6.85. The highest BCUT2D eigenvalue weighted by Crippen LogP contribution is 2.40. The molecule has 2 rings (SSSR count). The van der Waals surface area contributed by atoms with Crippen molar-refractivity contribution < 1.29 is 14.2 Å². The minimum atomic E-state index is 0.705. The molecule has 4 nitrogen and oxygen atoms in total. The van der Waals surface area contributed by atoms with E-state index in [1.54, 1.807) is 21.3 Å². The Bertz CT molecular complexity index is 428. The molecule has 0 saturated heterocycles. The molecule has 0 radical (unpaired) electrons. The molecule has 1 aromatic rings. The van der Waals surface area contributed by atoms with Crippen molar-refractivity contribution in [1.29, 1.82) is 0 Å². The van der Waals surface area contributed by atoms with Crippen LogP contribution in [-0.4, -0.2) is 27.9 Å². The molecule has 1 aromatic carbocycles. The zero-order valence-corrected chi connectivity index (χ0v) is 11.9. The van der Waals surface area contributed by atoms with Gasteiger partial charge in [0.1, 0.15) is 5.75 Å². The Labute approximate surface area is 114 Å². The van der Waals surface area contributed by atoms with E-state index in [1.807, 2.05) is 12.1 Å². The van der Waals surface area contributed by atoms with Crippen molar-refractivity contribution in [3.63, 3.8) is 0 Å². The third-order valence-electron chi connectivity index (χ3n) is 3.96. The molecule has 0 aliphatic heterocycles. The van der Waals surface area contributed by atoms with E-state index < -0.39 is 0 Å². The van der Waals surface area contributed by atoms with Gasteiger partial charge in [0.15, 0.2) is 11.5 Å². The number of hydrogen-bond donors (Lipinski definition) is 1. The van der Waals surface area contributed by atoms with Gasteiger partial charge >= 0.3 is 0 Å². The van der Waals surface area contributed by atoms with Crippen molar-refractivity contribution in [2.45, 2.75) is 19.3 Å². The maximum absolute atomic E-state index is 5.67. The average molecular weight is 265 g/mol. The summed E-state index contributed by atoms with van der Waals surface area (Å²) in [6, 6.07) is 3.92. The summed E-state index contributed by atoms with van der Waals surface area (Å²) in [6.45, 7) is 0.805. The van der Waals surface area contributed by atoms with Crippen LogP contribution in [0.15, 0.2) is 12.1 Å². The minimum Gasteiger partial charge on any atom is -0.496 e. The fraction of sp³-hybridized carbons (Fsp3) is 0.600. The molecule has 0 atom stereocenters. The van der Waals surface area contributed by atoms with Gasteiger partial charge in [-0.1, -0.05) is 0 Å². The van der Waals surface area contributed by atoms with Crippen LogP contribution in [0.1, 0.15) is 18.4 Å². The van der Waals surface area contributed by atoms with Gasteiger partial charge < -0.3 is 19.9 Å². The lowest BCUT2D eigenvalue weighted by Gasteiger charge is -2.35. The van der Waals surface area contributed by atoms with E-state index in [2.05, 4.69) is 0 Å². The first-order chi connectivity index (χ1) is 9.21. The van der Waals surface area contributed by atoms with Gasteiger partial charge in [-0.25, -0.2) is 0 Å².